The Morgan fingerprint density at radius 2 is 1.96 bits per heavy atom. The van der Waals surface area contributed by atoms with E-state index in [0.717, 1.165) is 5.56 Å². The lowest BCUT2D eigenvalue weighted by atomic mass is 10.1. The number of halogens is 1. The molecule has 2 aromatic rings. The first-order chi connectivity index (χ1) is 11.0. The van der Waals surface area contributed by atoms with Crippen molar-refractivity contribution in [3.63, 3.8) is 0 Å². The predicted molar refractivity (Wildman–Crippen MR) is 89.8 cm³/mol. The standard InChI is InChI=1S/C16H15BrN2O4/c1-23-15-7-4-12(10-14(15)17)16(20)18-9-8-11-2-5-13(6-3-11)19(21)22/h2-7,10H,8-9H2,1H3,(H,18,20). The van der Waals surface area contributed by atoms with E-state index < -0.39 is 4.92 Å². The van der Waals surface area contributed by atoms with Crippen LogP contribution in [0.15, 0.2) is 46.9 Å². The molecule has 0 atom stereocenters. The third kappa shape index (κ3) is 4.53. The summed E-state index contributed by atoms with van der Waals surface area (Å²) in [6.07, 6.45) is 0.598. The Hall–Kier alpha value is -2.41. The fraction of sp³-hybridized carbons (Fsp3) is 0.188. The molecule has 0 aliphatic carbocycles. The Balaban J connectivity index is 1.89. The monoisotopic (exact) mass is 378 g/mol. The van der Waals surface area contributed by atoms with Crippen LogP contribution in [0.5, 0.6) is 5.75 Å². The van der Waals surface area contributed by atoms with Gasteiger partial charge in [0.2, 0.25) is 0 Å². The first kappa shape index (κ1) is 17.0. The van der Waals surface area contributed by atoms with Crippen molar-refractivity contribution < 1.29 is 14.5 Å². The number of carbonyl (C=O) groups excluding carboxylic acids is 1. The molecular formula is C16H15BrN2O4. The van der Waals surface area contributed by atoms with Crippen LogP contribution in [0.2, 0.25) is 0 Å². The van der Waals surface area contributed by atoms with E-state index in [1.165, 1.54) is 12.1 Å². The minimum Gasteiger partial charge on any atom is -0.496 e. The predicted octanol–water partition coefficient (Wildman–Crippen LogP) is 3.34. The van der Waals surface area contributed by atoms with Gasteiger partial charge in [0.15, 0.2) is 0 Å². The van der Waals surface area contributed by atoms with Gasteiger partial charge in [-0.05, 0) is 46.1 Å². The molecule has 1 N–H and O–H groups in total. The average molecular weight is 379 g/mol. The summed E-state index contributed by atoms with van der Waals surface area (Å²) in [7, 11) is 1.56. The smallest absolute Gasteiger partial charge is 0.269 e. The summed E-state index contributed by atoms with van der Waals surface area (Å²) in [5.74, 6) is 0.475. The van der Waals surface area contributed by atoms with Crippen molar-refractivity contribution in [2.45, 2.75) is 6.42 Å². The molecule has 0 fully saturated rings. The molecule has 0 unspecified atom stereocenters. The second-order valence-electron chi connectivity index (χ2n) is 4.78. The van der Waals surface area contributed by atoms with Crippen LogP contribution in [0.1, 0.15) is 15.9 Å². The zero-order chi connectivity index (χ0) is 16.8. The van der Waals surface area contributed by atoms with Crippen LogP contribution >= 0.6 is 15.9 Å². The van der Waals surface area contributed by atoms with Gasteiger partial charge in [-0.25, -0.2) is 0 Å². The highest BCUT2D eigenvalue weighted by Gasteiger charge is 2.09. The lowest BCUT2D eigenvalue weighted by molar-refractivity contribution is -0.384. The third-order valence-electron chi connectivity index (χ3n) is 3.26. The van der Waals surface area contributed by atoms with E-state index >= 15 is 0 Å². The minimum atomic E-state index is -0.437. The zero-order valence-corrected chi connectivity index (χ0v) is 14.0. The lowest BCUT2D eigenvalue weighted by Gasteiger charge is -2.08. The van der Waals surface area contributed by atoms with Crippen LogP contribution < -0.4 is 10.1 Å². The summed E-state index contributed by atoms with van der Waals surface area (Å²) in [5, 5.41) is 13.4. The summed E-state index contributed by atoms with van der Waals surface area (Å²) < 4.78 is 5.83. The van der Waals surface area contributed by atoms with Gasteiger partial charge in [0.1, 0.15) is 5.75 Å². The molecule has 0 heterocycles. The molecule has 1 amide bonds. The van der Waals surface area contributed by atoms with Crippen LogP contribution in [-0.2, 0) is 6.42 Å². The van der Waals surface area contributed by atoms with E-state index in [1.807, 2.05) is 0 Å². The molecule has 0 aliphatic rings. The molecule has 6 nitrogen and oxygen atoms in total. The number of rotatable bonds is 6. The molecule has 2 aromatic carbocycles. The fourth-order valence-corrected chi connectivity index (χ4v) is 2.56. The average Bonchev–Trinajstić information content (AvgIpc) is 2.55. The van der Waals surface area contributed by atoms with E-state index in [9.17, 15) is 14.9 Å². The van der Waals surface area contributed by atoms with Gasteiger partial charge >= 0.3 is 0 Å². The zero-order valence-electron chi connectivity index (χ0n) is 12.4. The first-order valence-electron chi connectivity index (χ1n) is 6.86. The van der Waals surface area contributed by atoms with Crippen molar-refractivity contribution in [3.8, 4) is 5.75 Å². The van der Waals surface area contributed by atoms with E-state index in [0.29, 0.717) is 28.8 Å². The second kappa shape index (κ2) is 7.73. The number of methoxy groups -OCH3 is 1. The number of benzene rings is 2. The molecule has 7 heteroatoms. The van der Waals surface area contributed by atoms with Crippen molar-refractivity contribution in [1.82, 2.24) is 5.32 Å². The van der Waals surface area contributed by atoms with E-state index in [-0.39, 0.29) is 11.6 Å². The fourth-order valence-electron chi connectivity index (χ4n) is 2.01. The van der Waals surface area contributed by atoms with Crippen LogP contribution in [0, 0.1) is 10.1 Å². The van der Waals surface area contributed by atoms with Crippen molar-refractivity contribution in [2.24, 2.45) is 0 Å². The number of hydrogen-bond acceptors (Lipinski definition) is 4. The molecule has 0 aliphatic heterocycles. The van der Waals surface area contributed by atoms with Crippen molar-refractivity contribution in [2.75, 3.05) is 13.7 Å². The summed E-state index contributed by atoms with van der Waals surface area (Å²) >= 11 is 3.34. The number of nitro groups is 1. The number of hydrogen-bond donors (Lipinski definition) is 1. The molecule has 120 valence electrons. The number of nitrogens with zero attached hydrogens (tertiary/aromatic N) is 1. The van der Waals surface area contributed by atoms with Gasteiger partial charge in [0.05, 0.1) is 16.5 Å². The Morgan fingerprint density at radius 3 is 2.52 bits per heavy atom. The maximum atomic E-state index is 12.1. The molecular weight excluding hydrogens is 364 g/mol. The van der Waals surface area contributed by atoms with Gasteiger partial charge in [0.25, 0.3) is 11.6 Å². The highest BCUT2D eigenvalue weighted by atomic mass is 79.9. The first-order valence-corrected chi connectivity index (χ1v) is 7.65. The number of ether oxygens (including phenoxy) is 1. The van der Waals surface area contributed by atoms with E-state index in [1.54, 1.807) is 37.4 Å². The number of nitrogens with one attached hydrogen (secondary N) is 1. The Labute approximate surface area is 141 Å². The Bertz CT molecular complexity index is 717. The molecule has 0 saturated heterocycles. The molecule has 2 rings (SSSR count). The highest BCUT2D eigenvalue weighted by molar-refractivity contribution is 9.10. The largest absolute Gasteiger partial charge is 0.496 e. The van der Waals surface area contributed by atoms with Gasteiger partial charge in [-0.15, -0.1) is 0 Å². The van der Waals surface area contributed by atoms with Crippen LogP contribution in [0.25, 0.3) is 0 Å². The molecule has 23 heavy (non-hydrogen) atoms. The SMILES string of the molecule is COc1ccc(C(=O)NCCc2ccc([N+](=O)[O-])cc2)cc1Br. The van der Waals surface area contributed by atoms with Crippen molar-refractivity contribution in [3.05, 3.63) is 68.2 Å². The Morgan fingerprint density at radius 1 is 1.26 bits per heavy atom. The number of non-ortho nitro benzene ring substituents is 1. The Kier molecular flexibility index (Phi) is 5.70. The third-order valence-corrected chi connectivity index (χ3v) is 3.88. The quantitative estimate of drug-likeness (QED) is 0.617. The molecule has 0 spiro atoms. The van der Waals surface area contributed by atoms with Gasteiger partial charge < -0.3 is 10.1 Å². The van der Waals surface area contributed by atoms with Crippen LogP contribution in [0.3, 0.4) is 0 Å². The lowest BCUT2D eigenvalue weighted by Crippen LogP contribution is -2.25. The maximum Gasteiger partial charge on any atom is 0.269 e. The van der Waals surface area contributed by atoms with Crippen LogP contribution in [-0.4, -0.2) is 24.5 Å². The van der Waals surface area contributed by atoms with Gasteiger partial charge in [-0.2, -0.15) is 0 Å². The normalized spacial score (nSPS) is 10.2. The maximum absolute atomic E-state index is 12.1. The van der Waals surface area contributed by atoms with Crippen molar-refractivity contribution in [1.29, 1.82) is 0 Å². The van der Waals surface area contributed by atoms with Gasteiger partial charge in [-0.1, -0.05) is 12.1 Å². The molecule has 0 saturated carbocycles. The summed E-state index contributed by atoms with van der Waals surface area (Å²) in [4.78, 5) is 22.2. The van der Waals surface area contributed by atoms with E-state index in [4.69, 9.17) is 4.74 Å². The molecule has 0 aromatic heterocycles. The number of nitro benzene ring substituents is 1. The number of carbonyl (C=O) groups is 1. The van der Waals surface area contributed by atoms with Crippen LogP contribution in [0.4, 0.5) is 5.69 Å². The second-order valence-corrected chi connectivity index (χ2v) is 5.63. The number of amides is 1. The van der Waals surface area contributed by atoms with Gasteiger partial charge in [0, 0.05) is 24.2 Å². The topological polar surface area (TPSA) is 81.5 Å². The summed E-state index contributed by atoms with van der Waals surface area (Å²) in [5.41, 5.74) is 1.51. The summed E-state index contributed by atoms with van der Waals surface area (Å²) in [6.45, 7) is 0.445. The van der Waals surface area contributed by atoms with Gasteiger partial charge in [-0.3, -0.25) is 14.9 Å². The van der Waals surface area contributed by atoms with E-state index in [2.05, 4.69) is 21.2 Å². The minimum absolute atomic E-state index is 0.0564. The summed E-state index contributed by atoms with van der Waals surface area (Å²) in [6, 6.07) is 11.4. The molecule has 0 radical (unpaired) electrons. The highest BCUT2D eigenvalue weighted by Crippen LogP contribution is 2.25. The van der Waals surface area contributed by atoms with Crippen molar-refractivity contribution >= 4 is 27.5 Å². The molecule has 0 bridgehead atoms.